The molecule has 1 N–H and O–H groups in total. The van der Waals surface area contributed by atoms with Crippen LogP contribution in [-0.2, 0) is 0 Å². The van der Waals surface area contributed by atoms with Gasteiger partial charge in [-0.05, 0) is 32.2 Å². The molecule has 2 heterocycles. The first-order chi connectivity index (χ1) is 12.1. The highest BCUT2D eigenvalue weighted by molar-refractivity contribution is 7.98. The number of hydrogen-bond acceptors (Lipinski definition) is 5. The zero-order valence-corrected chi connectivity index (χ0v) is 16.1. The lowest BCUT2D eigenvalue weighted by molar-refractivity contribution is 0.240. The number of aromatic nitrogens is 3. The van der Waals surface area contributed by atoms with Gasteiger partial charge in [-0.2, -0.15) is 21.5 Å². The van der Waals surface area contributed by atoms with Crippen LogP contribution in [0.2, 0.25) is 0 Å². The van der Waals surface area contributed by atoms with Crippen molar-refractivity contribution in [3.05, 3.63) is 47.8 Å². The van der Waals surface area contributed by atoms with Crippen molar-refractivity contribution < 1.29 is 4.79 Å². The Balaban J connectivity index is 1.82. The summed E-state index contributed by atoms with van der Waals surface area (Å²) in [4.78, 5) is 17.8. The van der Waals surface area contributed by atoms with E-state index in [9.17, 15) is 4.79 Å². The Labute approximate surface area is 155 Å². The number of carbonyl (C=O) groups excluding carboxylic acids is 1. The molecule has 0 saturated heterocycles. The summed E-state index contributed by atoms with van der Waals surface area (Å²) in [6.07, 6.45) is 3.70. The Hall–Kier alpha value is -2.12. The van der Waals surface area contributed by atoms with Crippen LogP contribution in [-0.4, -0.2) is 39.3 Å². The Morgan fingerprint density at radius 3 is 2.92 bits per heavy atom. The average molecular weight is 373 g/mol. The monoisotopic (exact) mass is 372 g/mol. The zero-order valence-electron chi connectivity index (χ0n) is 14.4. The van der Waals surface area contributed by atoms with Crippen molar-refractivity contribution in [2.24, 2.45) is 0 Å². The molecule has 25 heavy (non-hydrogen) atoms. The van der Waals surface area contributed by atoms with Gasteiger partial charge >= 0.3 is 6.03 Å². The highest BCUT2D eigenvalue weighted by Gasteiger charge is 2.15. The van der Waals surface area contributed by atoms with Crippen LogP contribution in [0.25, 0.3) is 21.1 Å². The van der Waals surface area contributed by atoms with Crippen LogP contribution >= 0.6 is 23.1 Å². The van der Waals surface area contributed by atoms with Gasteiger partial charge in [0, 0.05) is 24.1 Å². The second-order valence-electron chi connectivity index (χ2n) is 5.67. The Bertz CT molecular complexity index is 885. The van der Waals surface area contributed by atoms with E-state index >= 15 is 0 Å². The summed E-state index contributed by atoms with van der Waals surface area (Å²) in [6, 6.07) is 9.94. The normalized spacial score (nSPS) is 10.8. The molecule has 130 valence electrons. The molecule has 1 amide bonds. The van der Waals surface area contributed by atoms with Gasteiger partial charge in [0.1, 0.15) is 10.7 Å². The number of amides is 1. The fraction of sp³-hybridized carbons (Fsp3) is 0.278. The third-order valence-corrected chi connectivity index (χ3v) is 5.52. The predicted molar refractivity (Wildman–Crippen MR) is 105 cm³/mol. The van der Waals surface area contributed by atoms with Crippen LogP contribution in [0.1, 0.15) is 11.3 Å². The molecule has 0 aliphatic carbocycles. The molecule has 0 aliphatic heterocycles. The van der Waals surface area contributed by atoms with E-state index in [0.717, 1.165) is 32.6 Å². The van der Waals surface area contributed by atoms with E-state index in [1.807, 2.05) is 25.3 Å². The van der Waals surface area contributed by atoms with Crippen LogP contribution in [0.5, 0.6) is 0 Å². The fourth-order valence-corrected chi connectivity index (χ4v) is 3.77. The maximum Gasteiger partial charge on any atom is 0.342 e. The number of carbonyl (C=O) groups is 1. The van der Waals surface area contributed by atoms with Gasteiger partial charge in [0.05, 0.1) is 10.6 Å². The molecule has 3 aromatic rings. The minimum Gasteiger partial charge on any atom is -0.335 e. The van der Waals surface area contributed by atoms with Crippen molar-refractivity contribution in [3.8, 4) is 21.1 Å². The van der Waals surface area contributed by atoms with Crippen molar-refractivity contribution in [2.75, 3.05) is 18.6 Å². The van der Waals surface area contributed by atoms with E-state index in [4.69, 9.17) is 0 Å². The van der Waals surface area contributed by atoms with Crippen molar-refractivity contribution in [3.63, 3.8) is 0 Å². The number of thiazole rings is 1. The molecule has 0 fully saturated rings. The number of thioether (sulfide) groups is 1. The SMILES string of the molecule is CSCCNC(=O)n1ccc(-c2sc(-c3cccc(C)c3)nc2C)n1. The minimum absolute atomic E-state index is 0.207. The summed E-state index contributed by atoms with van der Waals surface area (Å²) in [5, 5.41) is 8.23. The fourth-order valence-electron chi connectivity index (χ4n) is 2.43. The molecular formula is C18H20N4OS2. The molecule has 0 atom stereocenters. The summed E-state index contributed by atoms with van der Waals surface area (Å²) >= 11 is 3.29. The summed E-state index contributed by atoms with van der Waals surface area (Å²) < 4.78 is 1.35. The third-order valence-electron chi connectivity index (χ3n) is 3.67. The van der Waals surface area contributed by atoms with Gasteiger partial charge in [0.15, 0.2) is 0 Å². The van der Waals surface area contributed by atoms with Gasteiger partial charge in [-0.15, -0.1) is 11.3 Å². The second kappa shape index (κ2) is 7.84. The molecule has 0 bridgehead atoms. The Kier molecular flexibility index (Phi) is 5.55. The lowest BCUT2D eigenvalue weighted by atomic mass is 10.1. The van der Waals surface area contributed by atoms with E-state index < -0.39 is 0 Å². The molecule has 0 unspecified atom stereocenters. The second-order valence-corrected chi connectivity index (χ2v) is 7.66. The number of nitrogens with zero attached hydrogens (tertiary/aromatic N) is 3. The van der Waals surface area contributed by atoms with Crippen molar-refractivity contribution in [1.29, 1.82) is 0 Å². The Morgan fingerprint density at radius 1 is 1.32 bits per heavy atom. The first-order valence-corrected chi connectivity index (χ1v) is 10.2. The van der Waals surface area contributed by atoms with E-state index in [1.54, 1.807) is 29.3 Å². The molecule has 0 spiro atoms. The molecule has 5 nitrogen and oxygen atoms in total. The van der Waals surface area contributed by atoms with Gasteiger partial charge in [-0.3, -0.25) is 0 Å². The number of nitrogens with one attached hydrogen (secondary N) is 1. The van der Waals surface area contributed by atoms with Crippen molar-refractivity contribution in [2.45, 2.75) is 13.8 Å². The van der Waals surface area contributed by atoms with Crippen LogP contribution in [0.15, 0.2) is 36.5 Å². The summed E-state index contributed by atoms with van der Waals surface area (Å²) in [7, 11) is 0. The van der Waals surface area contributed by atoms with E-state index in [2.05, 4.69) is 40.5 Å². The largest absolute Gasteiger partial charge is 0.342 e. The van der Waals surface area contributed by atoms with Gasteiger partial charge in [-0.1, -0.05) is 23.8 Å². The van der Waals surface area contributed by atoms with Crippen LogP contribution in [0, 0.1) is 13.8 Å². The first-order valence-electron chi connectivity index (χ1n) is 7.96. The smallest absolute Gasteiger partial charge is 0.335 e. The molecule has 7 heteroatoms. The molecular weight excluding hydrogens is 352 g/mol. The Morgan fingerprint density at radius 2 is 2.16 bits per heavy atom. The highest BCUT2D eigenvalue weighted by Crippen LogP contribution is 2.34. The quantitative estimate of drug-likeness (QED) is 0.682. The maximum atomic E-state index is 12.1. The molecule has 0 aliphatic rings. The lowest BCUT2D eigenvalue weighted by Crippen LogP contribution is -2.30. The molecule has 0 saturated carbocycles. The minimum atomic E-state index is -0.207. The third kappa shape index (κ3) is 4.11. The van der Waals surface area contributed by atoms with Gasteiger partial charge in [-0.25, -0.2) is 9.78 Å². The molecule has 0 radical (unpaired) electrons. The van der Waals surface area contributed by atoms with E-state index in [-0.39, 0.29) is 6.03 Å². The van der Waals surface area contributed by atoms with Crippen molar-refractivity contribution in [1.82, 2.24) is 20.1 Å². The number of aryl methyl sites for hydroxylation is 2. The number of rotatable bonds is 5. The predicted octanol–water partition coefficient (Wildman–Crippen LogP) is 4.21. The molecule has 1 aromatic carbocycles. The van der Waals surface area contributed by atoms with E-state index in [1.165, 1.54) is 10.2 Å². The highest BCUT2D eigenvalue weighted by atomic mass is 32.2. The van der Waals surface area contributed by atoms with Gasteiger partial charge in [0.25, 0.3) is 0 Å². The lowest BCUT2D eigenvalue weighted by Gasteiger charge is -2.02. The van der Waals surface area contributed by atoms with Crippen LogP contribution < -0.4 is 5.32 Å². The summed E-state index contributed by atoms with van der Waals surface area (Å²) in [5.41, 5.74) is 4.01. The van der Waals surface area contributed by atoms with Crippen molar-refractivity contribution >= 4 is 29.1 Å². The summed E-state index contributed by atoms with van der Waals surface area (Å²) in [5.74, 6) is 0.883. The van der Waals surface area contributed by atoms with Crippen LogP contribution in [0.4, 0.5) is 4.79 Å². The molecule has 3 rings (SSSR count). The van der Waals surface area contributed by atoms with Gasteiger partial charge in [0.2, 0.25) is 0 Å². The average Bonchev–Trinajstić information content (AvgIpc) is 3.21. The van der Waals surface area contributed by atoms with E-state index in [0.29, 0.717) is 6.54 Å². The summed E-state index contributed by atoms with van der Waals surface area (Å²) in [6.45, 7) is 4.68. The first kappa shape index (κ1) is 17.7. The van der Waals surface area contributed by atoms with Crippen LogP contribution in [0.3, 0.4) is 0 Å². The van der Waals surface area contributed by atoms with Gasteiger partial charge < -0.3 is 5.32 Å². The number of benzene rings is 1. The standard InChI is InChI=1S/C18H20N4OS2/c1-12-5-4-6-14(11-12)17-20-13(2)16(25-17)15-7-9-22(21-15)18(23)19-8-10-24-3/h4-7,9,11H,8,10H2,1-3H3,(H,19,23). The number of hydrogen-bond donors (Lipinski definition) is 1. The zero-order chi connectivity index (χ0) is 17.8. The topological polar surface area (TPSA) is 59.8 Å². The maximum absolute atomic E-state index is 12.1. The molecule has 2 aromatic heterocycles.